The molecule has 0 aliphatic heterocycles. The number of benzene rings is 3. The first-order valence-electron chi connectivity index (χ1n) is 9.85. The average Bonchev–Trinajstić information content (AvgIpc) is 3.28. The van der Waals surface area contributed by atoms with E-state index in [1.165, 1.54) is 17.4 Å². The summed E-state index contributed by atoms with van der Waals surface area (Å²) in [6.45, 7) is 0. The fraction of sp³-hybridized carbons (Fsp3) is 0.0417. The van der Waals surface area contributed by atoms with Crippen LogP contribution in [0.15, 0.2) is 85.1 Å². The van der Waals surface area contributed by atoms with Crippen LogP contribution >= 0.6 is 11.3 Å². The number of fused-ring (bicyclic) bond motifs is 1. The first-order chi connectivity index (χ1) is 16.0. The van der Waals surface area contributed by atoms with Crippen LogP contribution in [0, 0.1) is 0 Å². The van der Waals surface area contributed by atoms with Crippen molar-refractivity contribution in [1.82, 2.24) is 15.2 Å². The zero-order chi connectivity index (χ0) is 22.8. The van der Waals surface area contributed by atoms with Gasteiger partial charge in [-0.15, -0.1) is 10.2 Å². The van der Waals surface area contributed by atoms with Gasteiger partial charge in [-0.25, -0.2) is 0 Å². The summed E-state index contributed by atoms with van der Waals surface area (Å²) >= 11 is 1.23. The summed E-state index contributed by atoms with van der Waals surface area (Å²) in [5, 5.41) is 13.0. The molecule has 0 atom stereocenters. The molecule has 0 radical (unpaired) electrons. The van der Waals surface area contributed by atoms with Crippen molar-refractivity contribution in [2.45, 2.75) is 6.18 Å². The van der Waals surface area contributed by atoms with E-state index in [0.717, 1.165) is 28.6 Å². The topological polar surface area (TPSA) is 59.9 Å². The molecule has 5 rings (SSSR count). The summed E-state index contributed by atoms with van der Waals surface area (Å²) in [6, 6.07) is 21.8. The molecule has 0 aliphatic carbocycles. The smallest absolute Gasteiger partial charge is 0.416 e. The Morgan fingerprint density at radius 3 is 2.58 bits per heavy atom. The molecule has 33 heavy (non-hydrogen) atoms. The van der Waals surface area contributed by atoms with E-state index in [2.05, 4.69) is 20.5 Å². The average molecular weight is 464 g/mol. The zero-order valence-corrected chi connectivity index (χ0v) is 17.7. The number of aromatic nitrogens is 3. The van der Waals surface area contributed by atoms with E-state index in [0.29, 0.717) is 21.6 Å². The summed E-state index contributed by atoms with van der Waals surface area (Å²) in [5.74, 6) is 1.30. The highest BCUT2D eigenvalue weighted by molar-refractivity contribution is 7.18. The van der Waals surface area contributed by atoms with Gasteiger partial charge in [-0.2, -0.15) is 13.2 Å². The standard InChI is InChI=1S/C24H15F3N4OS/c25-24(26,27)16-6-4-7-17(14-16)29-23-31-30-22(33-23)15-5-3-8-18(13-15)32-21-11-12-28-20-10-2-1-9-19(20)21/h1-14H,(H,29,31). The van der Waals surface area contributed by atoms with Crippen LogP contribution < -0.4 is 10.1 Å². The summed E-state index contributed by atoms with van der Waals surface area (Å²) in [5.41, 5.74) is 1.17. The third-order valence-corrected chi connectivity index (χ3v) is 5.67. The predicted molar refractivity (Wildman–Crippen MR) is 122 cm³/mol. The van der Waals surface area contributed by atoms with Crippen molar-refractivity contribution in [1.29, 1.82) is 0 Å². The highest BCUT2D eigenvalue weighted by Crippen LogP contribution is 2.35. The van der Waals surface area contributed by atoms with Gasteiger partial charge in [0.2, 0.25) is 5.13 Å². The molecule has 1 N–H and O–H groups in total. The minimum Gasteiger partial charge on any atom is -0.457 e. The minimum absolute atomic E-state index is 0.286. The number of nitrogens with one attached hydrogen (secondary N) is 1. The lowest BCUT2D eigenvalue weighted by Gasteiger charge is -2.09. The Hall–Kier alpha value is -3.98. The van der Waals surface area contributed by atoms with Crippen LogP contribution in [0.25, 0.3) is 21.5 Å². The van der Waals surface area contributed by atoms with Gasteiger partial charge < -0.3 is 10.1 Å². The molecule has 2 heterocycles. The molecule has 5 nitrogen and oxygen atoms in total. The van der Waals surface area contributed by atoms with E-state index >= 15 is 0 Å². The Morgan fingerprint density at radius 2 is 1.70 bits per heavy atom. The largest absolute Gasteiger partial charge is 0.457 e. The minimum atomic E-state index is -4.41. The van der Waals surface area contributed by atoms with Crippen molar-refractivity contribution >= 4 is 33.1 Å². The Morgan fingerprint density at radius 1 is 0.848 bits per heavy atom. The molecule has 2 aromatic heterocycles. The van der Waals surface area contributed by atoms with E-state index < -0.39 is 11.7 Å². The van der Waals surface area contributed by atoms with Gasteiger partial charge in [0.15, 0.2) is 0 Å². The van der Waals surface area contributed by atoms with E-state index in [4.69, 9.17) is 4.74 Å². The lowest BCUT2D eigenvalue weighted by molar-refractivity contribution is -0.137. The number of anilines is 2. The van der Waals surface area contributed by atoms with Gasteiger partial charge in [0.1, 0.15) is 16.5 Å². The maximum Gasteiger partial charge on any atom is 0.416 e. The third kappa shape index (κ3) is 4.63. The Kier molecular flexibility index (Phi) is 5.39. The summed E-state index contributed by atoms with van der Waals surface area (Å²) in [6.07, 6.45) is -2.72. The zero-order valence-electron chi connectivity index (χ0n) is 16.9. The van der Waals surface area contributed by atoms with Crippen molar-refractivity contribution in [2.75, 3.05) is 5.32 Å². The van der Waals surface area contributed by atoms with Crippen molar-refractivity contribution < 1.29 is 17.9 Å². The Labute approximate surface area is 190 Å². The number of hydrogen-bond acceptors (Lipinski definition) is 6. The molecule has 0 saturated heterocycles. The number of rotatable bonds is 5. The van der Waals surface area contributed by atoms with Gasteiger partial charge in [-0.05, 0) is 48.5 Å². The van der Waals surface area contributed by atoms with Crippen LogP contribution in [-0.4, -0.2) is 15.2 Å². The molecule has 0 bridgehead atoms. The van der Waals surface area contributed by atoms with Crippen molar-refractivity contribution in [2.24, 2.45) is 0 Å². The molecule has 9 heteroatoms. The van der Waals surface area contributed by atoms with Gasteiger partial charge >= 0.3 is 6.18 Å². The van der Waals surface area contributed by atoms with Gasteiger partial charge in [0.25, 0.3) is 0 Å². The molecule has 164 valence electrons. The number of halogens is 3. The molecule has 0 spiro atoms. The van der Waals surface area contributed by atoms with E-state index in [1.54, 1.807) is 18.3 Å². The number of nitrogens with zero attached hydrogens (tertiary/aromatic N) is 3. The van der Waals surface area contributed by atoms with Gasteiger partial charge in [-0.3, -0.25) is 4.98 Å². The first kappa shape index (κ1) is 20.9. The Balaban J connectivity index is 1.37. The summed E-state index contributed by atoms with van der Waals surface area (Å²) < 4.78 is 44.9. The maximum atomic E-state index is 12.9. The monoisotopic (exact) mass is 464 g/mol. The highest BCUT2D eigenvalue weighted by Gasteiger charge is 2.30. The summed E-state index contributed by atoms with van der Waals surface area (Å²) in [7, 11) is 0. The summed E-state index contributed by atoms with van der Waals surface area (Å²) in [4.78, 5) is 4.34. The van der Waals surface area contributed by atoms with Crippen molar-refractivity contribution in [3.8, 4) is 22.1 Å². The molecule has 5 aromatic rings. The van der Waals surface area contributed by atoms with E-state index in [9.17, 15) is 13.2 Å². The van der Waals surface area contributed by atoms with Crippen molar-refractivity contribution in [3.05, 3.63) is 90.6 Å². The molecule has 0 saturated carbocycles. The van der Waals surface area contributed by atoms with Crippen LogP contribution in [-0.2, 0) is 6.18 Å². The second kappa shape index (κ2) is 8.51. The lowest BCUT2D eigenvalue weighted by atomic mass is 10.2. The Bertz CT molecular complexity index is 1430. The van der Waals surface area contributed by atoms with Crippen LogP contribution in [0.1, 0.15) is 5.56 Å². The fourth-order valence-electron chi connectivity index (χ4n) is 3.27. The number of pyridine rings is 1. The van der Waals surface area contributed by atoms with Gasteiger partial charge in [0, 0.05) is 22.8 Å². The normalized spacial score (nSPS) is 11.5. The molecule has 0 fully saturated rings. The van der Waals surface area contributed by atoms with Crippen LogP contribution in [0.5, 0.6) is 11.5 Å². The first-order valence-corrected chi connectivity index (χ1v) is 10.7. The number of alkyl halides is 3. The predicted octanol–water partition coefficient (Wildman–Crippen LogP) is 7.31. The van der Waals surface area contributed by atoms with E-state index in [1.807, 2.05) is 48.5 Å². The second-order valence-corrected chi connectivity index (χ2v) is 8.05. The number of para-hydroxylation sites is 1. The molecule has 3 aromatic carbocycles. The fourth-order valence-corrected chi connectivity index (χ4v) is 4.03. The quantitative estimate of drug-likeness (QED) is 0.296. The van der Waals surface area contributed by atoms with Crippen LogP contribution in [0.3, 0.4) is 0 Å². The lowest BCUT2D eigenvalue weighted by Crippen LogP contribution is -2.05. The van der Waals surface area contributed by atoms with Crippen molar-refractivity contribution in [3.63, 3.8) is 0 Å². The molecule has 0 amide bonds. The SMILES string of the molecule is FC(F)(F)c1cccc(Nc2nnc(-c3cccc(Oc4ccnc5ccccc45)c3)s2)c1. The third-order valence-electron chi connectivity index (χ3n) is 4.78. The highest BCUT2D eigenvalue weighted by atomic mass is 32.1. The molecular formula is C24H15F3N4OS. The molecule has 0 unspecified atom stereocenters. The molecule has 0 aliphatic rings. The van der Waals surface area contributed by atoms with Gasteiger partial charge in [0.05, 0.1) is 11.1 Å². The molecular weight excluding hydrogens is 449 g/mol. The number of ether oxygens (including phenoxy) is 1. The van der Waals surface area contributed by atoms with Gasteiger partial charge in [-0.1, -0.05) is 41.7 Å². The van der Waals surface area contributed by atoms with E-state index in [-0.39, 0.29) is 5.69 Å². The number of hydrogen-bond donors (Lipinski definition) is 1. The van der Waals surface area contributed by atoms with Crippen LogP contribution in [0.2, 0.25) is 0 Å². The van der Waals surface area contributed by atoms with Crippen LogP contribution in [0.4, 0.5) is 24.0 Å². The maximum absolute atomic E-state index is 12.9. The second-order valence-electron chi connectivity index (χ2n) is 7.07.